The minimum absolute atomic E-state index is 0.384. The molecule has 1 aromatic rings. The average molecular weight is 290 g/mol. The molecule has 0 bridgehead atoms. The number of anilines is 1. The summed E-state index contributed by atoms with van der Waals surface area (Å²) in [6, 6.07) is 3.04. The van der Waals surface area contributed by atoms with Crippen LogP contribution >= 0.6 is 0 Å². The lowest BCUT2D eigenvalue weighted by Gasteiger charge is -2.36. The van der Waals surface area contributed by atoms with Crippen molar-refractivity contribution in [2.45, 2.75) is 77.8 Å². The number of nitrogens with two attached hydrogens (primary N) is 1. The highest BCUT2D eigenvalue weighted by Crippen LogP contribution is 2.26. The van der Waals surface area contributed by atoms with Gasteiger partial charge in [0.15, 0.2) is 0 Å². The van der Waals surface area contributed by atoms with Crippen molar-refractivity contribution >= 4 is 5.95 Å². The highest BCUT2D eigenvalue weighted by atomic mass is 15.3. The highest BCUT2D eigenvalue weighted by Gasteiger charge is 2.26. The first kappa shape index (κ1) is 16.2. The maximum absolute atomic E-state index is 6.05. The van der Waals surface area contributed by atoms with E-state index in [1.54, 1.807) is 0 Å². The molecule has 1 saturated carbocycles. The van der Waals surface area contributed by atoms with Gasteiger partial charge in [-0.2, -0.15) is 0 Å². The van der Waals surface area contributed by atoms with Crippen LogP contribution in [0.5, 0.6) is 0 Å². The van der Waals surface area contributed by atoms with Crippen LogP contribution in [-0.2, 0) is 0 Å². The van der Waals surface area contributed by atoms with Crippen molar-refractivity contribution in [3.63, 3.8) is 0 Å². The van der Waals surface area contributed by atoms with Crippen LogP contribution in [0.2, 0.25) is 0 Å². The van der Waals surface area contributed by atoms with E-state index < -0.39 is 0 Å². The second-order valence-corrected chi connectivity index (χ2v) is 6.65. The Morgan fingerprint density at radius 3 is 2.48 bits per heavy atom. The molecule has 4 nitrogen and oxygen atoms in total. The molecular formula is C17H30N4. The zero-order chi connectivity index (χ0) is 15.4. The molecule has 0 aromatic carbocycles. The Labute approximate surface area is 129 Å². The van der Waals surface area contributed by atoms with Gasteiger partial charge in [0, 0.05) is 30.0 Å². The summed E-state index contributed by atoms with van der Waals surface area (Å²) in [5, 5.41) is 0. The van der Waals surface area contributed by atoms with Crippen LogP contribution in [0.3, 0.4) is 0 Å². The van der Waals surface area contributed by atoms with Crippen LogP contribution in [-0.4, -0.2) is 28.6 Å². The molecular weight excluding hydrogens is 260 g/mol. The quantitative estimate of drug-likeness (QED) is 0.903. The van der Waals surface area contributed by atoms with Gasteiger partial charge in [-0.15, -0.1) is 0 Å². The van der Waals surface area contributed by atoms with Gasteiger partial charge < -0.3 is 10.6 Å². The monoisotopic (exact) mass is 290 g/mol. The predicted octanol–water partition coefficient (Wildman–Crippen LogP) is 3.39. The summed E-state index contributed by atoms with van der Waals surface area (Å²) < 4.78 is 0. The van der Waals surface area contributed by atoms with E-state index in [4.69, 9.17) is 15.7 Å². The van der Waals surface area contributed by atoms with E-state index in [1.807, 2.05) is 0 Å². The molecule has 0 radical (unpaired) electrons. The third-order valence-corrected chi connectivity index (χ3v) is 4.36. The Bertz CT molecular complexity index is 450. The highest BCUT2D eigenvalue weighted by molar-refractivity contribution is 5.35. The lowest BCUT2D eigenvalue weighted by Crippen LogP contribution is -2.42. The van der Waals surface area contributed by atoms with E-state index in [-0.39, 0.29) is 0 Å². The Kier molecular flexibility index (Phi) is 5.57. The zero-order valence-electron chi connectivity index (χ0n) is 14.0. The molecule has 1 aliphatic rings. The smallest absolute Gasteiger partial charge is 0.226 e. The first-order valence-corrected chi connectivity index (χ1v) is 8.39. The van der Waals surface area contributed by atoms with Gasteiger partial charge >= 0.3 is 0 Å². The van der Waals surface area contributed by atoms with Crippen LogP contribution in [0.25, 0.3) is 0 Å². The summed E-state index contributed by atoms with van der Waals surface area (Å²) in [6.45, 7) is 9.70. The van der Waals surface area contributed by atoms with Crippen LogP contribution in [0, 0.1) is 6.92 Å². The molecule has 21 heavy (non-hydrogen) atoms. The Morgan fingerprint density at radius 2 is 1.90 bits per heavy atom. The molecule has 1 aliphatic carbocycles. The van der Waals surface area contributed by atoms with Crippen molar-refractivity contribution in [2.24, 2.45) is 5.73 Å². The molecule has 1 fully saturated rings. The Balaban J connectivity index is 2.25. The maximum Gasteiger partial charge on any atom is 0.226 e. The van der Waals surface area contributed by atoms with Crippen molar-refractivity contribution in [1.29, 1.82) is 0 Å². The predicted molar refractivity (Wildman–Crippen MR) is 88.7 cm³/mol. The van der Waals surface area contributed by atoms with Gasteiger partial charge in [-0.25, -0.2) is 9.97 Å². The van der Waals surface area contributed by atoms with Crippen LogP contribution in [0.1, 0.15) is 70.2 Å². The lowest BCUT2D eigenvalue weighted by atomic mass is 9.91. The Morgan fingerprint density at radius 1 is 1.24 bits per heavy atom. The first-order valence-electron chi connectivity index (χ1n) is 8.39. The maximum atomic E-state index is 6.05. The third-order valence-electron chi connectivity index (χ3n) is 4.36. The first-order chi connectivity index (χ1) is 10.0. The molecule has 2 rings (SSSR count). The van der Waals surface area contributed by atoms with Gasteiger partial charge in [0.1, 0.15) is 0 Å². The van der Waals surface area contributed by atoms with Crippen molar-refractivity contribution < 1.29 is 0 Å². The normalized spacial score (nSPS) is 22.6. The lowest BCUT2D eigenvalue weighted by molar-refractivity contribution is 0.372. The minimum Gasteiger partial charge on any atom is -0.338 e. The second-order valence-electron chi connectivity index (χ2n) is 6.65. The van der Waals surface area contributed by atoms with Gasteiger partial charge in [0.25, 0.3) is 0 Å². The van der Waals surface area contributed by atoms with Crippen LogP contribution in [0.4, 0.5) is 5.95 Å². The van der Waals surface area contributed by atoms with E-state index >= 15 is 0 Å². The fourth-order valence-corrected chi connectivity index (χ4v) is 3.10. The van der Waals surface area contributed by atoms with E-state index in [1.165, 1.54) is 0 Å². The fraction of sp³-hybridized carbons (Fsp3) is 0.765. The zero-order valence-corrected chi connectivity index (χ0v) is 14.0. The van der Waals surface area contributed by atoms with Crippen molar-refractivity contribution in [2.75, 3.05) is 11.4 Å². The molecule has 0 atom stereocenters. The van der Waals surface area contributed by atoms with Gasteiger partial charge in [-0.3, -0.25) is 0 Å². The number of aryl methyl sites for hydroxylation is 1. The van der Waals surface area contributed by atoms with E-state index in [0.29, 0.717) is 18.0 Å². The van der Waals surface area contributed by atoms with E-state index in [2.05, 4.69) is 38.7 Å². The molecule has 1 heterocycles. The van der Waals surface area contributed by atoms with Crippen molar-refractivity contribution in [3.8, 4) is 0 Å². The van der Waals surface area contributed by atoms with Gasteiger partial charge in [0.2, 0.25) is 5.95 Å². The molecule has 0 saturated heterocycles. The molecule has 118 valence electrons. The number of hydrogen-bond acceptors (Lipinski definition) is 4. The van der Waals surface area contributed by atoms with E-state index in [9.17, 15) is 0 Å². The summed E-state index contributed by atoms with van der Waals surface area (Å²) in [5.41, 5.74) is 8.26. The molecule has 1 aromatic heterocycles. The van der Waals surface area contributed by atoms with Gasteiger partial charge in [-0.1, -0.05) is 20.8 Å². The molecule has 0 unspecified atom stereocenters. The fourth-order valence-electron chi connectivity index (χ4n) is 3.10. The molecule has 0 spiro atoms. The van der Waals surface area contributed by atoms with Crippen LogP contribution < -0.4 is 10.6 Å². The van der Waals surface area contributed by atoms with Crippen molar-refractivity contribution in [3.05, 3.63) is 17.5 Å². The molecule has 4 heteroatoms. The molecule has 0 aliphatic heterocycles. The van der Waals surface area contributed by atoms with Gasteiger partial charge in [0.05, 0.1) is 0 Å². The van der Waals surface area contributed by atoms with Crippen LogP contribution in [0.15, 0.2) is 6.07 Å². The second kappa shape index (κ2) is 7.21. The standard InChI is InChI=1S/C17H30N4/c1-5-10-21(15-8-6-14(18)7-9-15)17-19-13(4)11-16(20-17)12(2)3/h11-12,14-15H,5-10,18H2,1-4H3. The summed E-state index contributed by atoms with van der Waals surface area (Å²) in [4.78, 5) is 12.0. The molecule has 2 N–H and O–H groups in total. The summed E-state index contributed by atoms with van der Waals surface area (Å²) in [5.74, 6) is 1.36. The summed E-state index contributed by atoms with van der Waals surface area (Å²) in [7, 11) is 0. The van der Waals surface area contributed by atoms with Crippen molar-refractivity contribution in [1.82, 2.24) is 9.97 Å². The summed E-state index contributed by atoms with van der Waals surface area (Å²) in [6.07, 6.45) is 5.68. The number of rotatable bonds is 5. The Hall–Kier alpha value is -1.16. The van der Waals surface area contributed by atoms with E-state index in [0.717, 1.165) is 56.0 Å². The number of hydrogen-bond donors (Lipinski definition) is 1. The number of nitrogens with zero attached hydrogens (tertiary/aromatic N) is 3. The average Bonchev–Trinajstić information content (AvgIpc) is 2.45. The number of aromatic nitrogens is 2. The largest absolute Gasteiger partial charge is 0.338 e. The minimum atomic E-state index is 0.384. The SMILES string of the molecule is CCCN(c1nc(C)cc(C(C)C)n1)C1CCC(N)CC1. The molecule has 0 amide bonds. The third kappa shape index (κ3) is 4.16. The summed E-state index contributed by atoms with van der Waals surface area (Å²) >= 11 is 0. The van der Waals surface area contributed by atoms with Gasteiger partial charge in [-0.05, 0) is 51.0 Å². The topological polar surface area (TPSA) is 55.0 Å².